The molecule has 0 fully saturated rings. The monoisotopic (exact) mass is 291 g/mol. The fourth-order valence-electron chi connectivity index (χ4n) is 2.52. The van der Waals surface area contributed by atoms with E-state index >= 15 is 0 Å². The molecule has 0 saturated heterocycles. The van der Waals surface area contributed by atoms with Crippen LogP contribution < -0.4 is 5.56 Å². The van der Waals surface area contributed by atoms with E-state index in [4.69, 9.17) is 0 Å². The van der Waals surface area contributed by atoms with Gasteiger partial charge in [0.25, 0.3) is 5.56 Å². The number of hydrogen-bond acceptors (Lipinski definition) is 4. The number of rotatable bonds is 2. The van der Waals surface area contributed by atoms with Crippen molar-refractivity contribution in [1.29, 1.82) is 0 Å². The van der Waals surface area contributed by atoms with Crippen molar-refractivity contribution in [3.63, 3.8) is 0 Å². The van der Waals surface area contributed by atoms with Gasteiger partial charge >= 0.3 is 0 Å². The molecule has 4 rings (SSSR count). The molecule has 0 aromatic carbocycles. The van der Waals surface area contributed by atoms with E-state index in [9.17, 15) is 4.79 Å². The minimum atomic E-state index is -0.105. The molecule has 108 valence electrons. The van der Waals surface area contributed by atoms with Crippen LogP contribution in [0, 0.1) is 6.92 Å². The summed E-state index contributed by atoms with van der Waals surface area (Å²) in [5.74, 6) is 0. The summed E-state index contributed by atoms with van der Waals surface area (Å²) in [5.41, 5.74) is 3.39. The van der Waals surface area contributed by atoms with Crippen LogP contribution in [-0.4, -0.2) is 23.9 Å². The van der Waals surface area contributed by atoms with Crippen molar-refractivity contribution >= 4 is 16.6 Å². The van der Waals surface area contributed by atoms with Crippen molar-refractivity contribution in [3.05, 3.63) is 70.9 Å². The quantitative estimate of drug-likeness (QED) is 0.565. The number of fused-ring (bicyclic) bond motifs is 2. The highest BCUT2D eigenvalue weighted by atomic mass is 16.1. The lowest BCUT2D eigenvalue weighted by atomic mass is 10.3. The van der Waals surface area contributed by atoms with Crippen LogP contribution in [0.2, 0.25) is 0 Å². The summed E-state index contributed by atoms with van der Waals surface area (Å²) in [6, 6.07) is 5.71. The lowest BCUT2D eigenvalue weighted by Gasteiger charge is -2.03. The van der Waals surface area contributed by atoms with Crippen LogP contribution in [-0.2, 0) is 6.54 Å². The van der Waals surface area contributed by atoms with E-state index in [1.807, 2.05) is 35.9 Å². The van der Waals surface area contributed by atoms with Crippen LogP contribution in [0.15, 0.2) is 54.1 Å². The molecule has 0 aliphatic carbocycles. The Morgan fingerprint density at radius 3 is 3.00 bits per heavy atom. The first-order valence-corrected chi connectivity index (χ1v) is 6.94. The Morgan fingerprint density at radius 1 is 1.18 bits per heavy atom. The molecule has 0 aliphatic rings. The second-order valence-corrected chi connectivity index (χ2v) is 5.27. The lowest BCUT2D eigenvalue weighted by Crippen LogP contribution is -2.21. The average Bonchev–Trinajstić information content (AvgIpc) is 2.92. The number of aryl methyl sites for hydroxylation is 1. The Balaban J connectivity index is 1.78. The van der Waals surface area contributed by atoms with Crippen LogP contribution in [0.1, 0.15) is 11.3 Å². The Bertz CT molecular complexity index is 1050. The first-order chi connectivity index (χ1) is 10.7. The maximum Gasteiger partial charge on any atom is 0.263 e. The van der Waals surface area contributed by atoms with Crippen LogP contribution in [0.3, 0.4) is 0 Å². The largest absolute Gasteiger partial charge is 0.306 e. The van der Waals surface area contributed by atoms with Crippen LogP contribution in [0.25, 0.3) is 16.6 Å². The molecule has 0 amide bonds. The number of nitrogens with zero attached hydrogens (tertiary/aromatic N) is 5. The fraction of sp³-hybridized carbons (Fsp3) is 0.125. The highest BCUT2D eigenvalue weighted by molar-refractivity contribution is 5.75. The third kappa shape index (κ3) is 2.05. The van der Waals surface area contributed by atoms with Crippen molar-refractivity contribution in [2.75, 3.05) is 0 Å². The molecule has 4 aromatic rings. The molecule has 0 atom stereocenters. The average molecular weight is 291 g/mol. The van der Waals surface area contributed by atoms with Crippen molar-refractivity contribution < 1.29 is 0 Å². The van der Waals surface area contributed by atoms with E-state index in [1.165, 1.54) is 0 Å². The van der Waals surface area contributed by atoms with Crippen molar-refractivity contribution in [3.8, 4) is 0 Å². The summed E-state index contributed by atoms with van der Waals surface area (Å²) >= 11 is 0. The van der Waals surface area contributed by atoms with Gasteiger partial charge in [0.05, 0.1) is 29.5 Å². The predicted octanol–water partition coefficient (Wildman–Crippen LogP) is 1.80. The van der Waals surface area contributed by atoms with Gasteiger partial charge in [0.15, 0.2) is 0 Å². The van der Waals surface area contributed by atoms with Gasteiger partial charge in [-0.05, 0) is 24.6 Å². The molecular formula is C16H13N5O. The Kier molecular flexibility index (Phi) is 2.75. The maximum atomic E-state index is 12.5. The molecule has 0 radical (unpaired) electrons. The third-order valence-electron chi connectivity index (χ3n) is 3.61. The zero-order valence-corrected chi connectivity index (χ0v) is 12.0. The summed E-state index contributed by atoms with van der Waals surface area (Å²) in [7, 11) is 0. The topological polar surface area (TPSA) is 65.1 Å². The lowest BCUT2D eigenvalue weighted by molar-refractivity contribution is 0.734. The molecule has 0 unspecified atom stereocenters. The maximum absolute atomic E-state index is 12.5. The molecule has 0 N–H and O–H groups in total. The number of pyridine rings is 2. The van der Waals surface area contributed by atoms with Crippen molar-refractivity contribution in [1.82, 2.24) is 23.9 Å². The van der Waals surface area contributed by atoms with Crippen LogP contribution in [0.5, 0.6) is 0 Å². The van der Waals surface area contributed by atoms with Gasteiger partial charge in [-0.2, -0.15) is 0 Å². The molecule has 6 nitrogen and oxygen atoms in total. The minimum Gasteiger partial charge on any atom is -0.306 e. The molecule has 4 heterocycles. The normalized spacial score (nSPS) is 11.3. The van der Waals surface area contributed by atoms with Gasteiger partial charge in [-0.1, -0.05) is 6.07 Å². The zero-order chi connectivity index (χ0) is 15.1. The summed E-state index contributed by atoms with van der Waals surface area (Å²) in [6.45, 7) is 2.42. The zero-order valence-electron chi connectivity index (χ0n) is 12.0. The second kappa shape index (κ2) is 4.77. The van der Waals surface area contributed by atoms with E-state index in [0.717, 1.165) is 16.9 Å². The number of aromatic nitrogens is 5. The predicted molar refractivity (Wildman–Crippen MR) is 82.8 cm³/mol. The summed E-state index contributed by atoms with van der Waals surface area (Å²) in [5, 5.41) is 0.518. The minimum absolute atomic E-state index is 0.105. The van der Waals surface area contributed by atoms with Gasteiger partial charge in [-0.25, -0.2) is 9.97 Å². The van der Waals surface area contributed by atoms with Gasteiger partial charge in [0, 0.05) is 24.8 Å². The summed E-state index contributed by atoms with van der Waals surface area (Å²) in [4.78, 5) is 25.3. The number of hydrogen-bond donors (Lipinski definition) is 0. The van der Waals surface area contributed by atoms with E-state index < -0.39 is 0 Å². The van der Waals surface area contributed by atoms with Gasteiger partial charge in [-0.3, -0.25) is 14.3 Å². The van der Waals surface area contributed by atoms with Gasteiger partial charge in [0.1, 0.15) is 5.65 Å². The molecular weight excluding hydrogens is 278 g/mol. The van der Waals surface area contributed by atoms with Gasteiger partial charge in [-0.15, -0.1) is 0 Å². The van der Waals surface area contributed by atoms with E-state index in [0.29, 0.717) is 17.4 Å². The summed E-state index contributed by atoms with van der Waals surface area (Å²) in [6.07, 6.45) is 8.68. The van der Waals surface area contributed by atoms with Crippen LogP contribution in [0.4, 0.5) is 0 Å². The smallest absolute Gasteiger partial charge is 0.263 e. The first kappa shape index (κ1) is 12.7. The van der Waals surface area contributed by atoms with E-state index in [2.05, 4.69) is 15.0 Å². The Labute approximate surface area is 125 Å². The van der Waals surface area contributed by atoms with Crippen molar-refractivity contribution in [2.45, 2.75) is 13.5 Å². The SMILES string of the molecule is Cc1ccc2nc(Cn3cnc4ccncc4c3=O)cn2c1. The highest BCUT2D eigenvalue weighted by Gasteiger charge is 2.07. The third-order valence-corrected chi connectivity index (χ3v) is 3.61. The Hall–Kier alpha value is -3.02. The molecule has 6 heteroatoms. The number of imidazole rings is 1. The molecule has 22 heavy (non-hydrogen) atoms. The van der Waals surface area contributed by atoms with E-state index in [-0.39, 0.29) is 5.56 Å². The standard InChI is InChI=1S/C16H13N5O/c1-11-2-3-15-19-12(8-20(15)7-11)9-21-10-18-14-4-5-17-6-13(14)16(21)22/h2-8,10H,9H2,1H3. The van der Waals surface area contributed by atoms with Crippen LogP contribution >= 0.6 is 0 Å². The van der Waals surface area contributed by atoms with Gasteiger partial charge in [0.2, 0.25) is 0 Å². The van der Waals surface area contributed by atoms with Gasteiger partial charge < -0.3 is 4.40 Å². The summed E-state index contributed by atoms with van der Waals surface area (Å²) < 4.78 is 3.52. The van der Waals surface area contributed by atoms with E-state index in [1.54, 1.807) is 29.4 Å². The first-order valence-electron chi connectivity index (χ1n) is 6.94. The second-order valence-electron chi connectivity index (χ2n) is 5.27. The molecule has 4 aromatic heterocycles. The molecule has 0 saturated carbocycles. The molecule has 0 bridgehead atoms. The van der Waals surface area contributed by atoms with Crippen molar-refractivity contribution in [2.24, 2.45) is 0 Å². The molecule has 0 aliphatic heterocycles. The Morgan fingerprint density at radius 2 is 2.09 bits per heavy atom. The fourth-order valence-corrected chi connectivity index (χ4v) is 2.52. The molecule has 0 spiro atoms. The highest BCUT2D eigenvalue weighted by Crippen LogP contribution is 2.09.